The average Bonchev–Trinajstić information content (AvgIpc) is 2.52. The zero-order valence-corrected chi connectivity index (χ0v) is 13.4. The van der Waals surface area contributed by atoms with Crippen molar-refractivity contribution in [2.45, 2.75) is 78.9 Å². The first kappa shape index (κ1) is 16.3. The minimum absolute atomic E-state index is 0.122. The molecule has 1 aliphatic carbocycles. The maximum Gasteiger partial charge on any atom is 0.0771 e. The molecule has 0 aliphatic heterocycles. The highest BCUT2D eigenvalue weighted by Gasteiger charge is 2.23. The lowest BCUT2D eigenvalue weighted by Crippen LogP contribution is -2.45. The molecule has 0 aromatic carbocycles. The topological polar surface area (TPSA) is 29.3 Å². The predicted octanol–water partition coefficient (Wildman–Crippen LogP) is 4.43. The van der Waals surface area contributed by atoms with E-state index >= 15 is 0 Å². The molecule has 110 valence electrons. The summed E-state index contributed by atoms with van der Waals surface area (Å²) in [7, 11) is 0. The zero-order chi connectivity index (χ0) is 14.4. The van der Waals surface area contributed by atoms with E-state index in [0.717, 1.165) is 12.8 Å². The van der Waals surface area contributed by atoms with Crippen molar-refractivity contribution in [3.63, 3.8) is 0 Å². The van der Waals surface area contributed by atoms with Crippen molar-refractivity contribution < 1.29 is 0 Å². The summed E-state index contributed by atoms with van der Waals surface area (Å²) in [6.45, 7) is 11.2. The van der Waals surface area contributed by atoms with E-state index in [1.807, 2.05) is 0 Å². The van der Waals surface area contributed by atoms with Gasteiger partial charge in [0.05, 0.1) is 6.17 Å². The largest absolute Gasteiger partial charge is 0.354 e. The Morgan fingerprint density at radius 3 is 2.58 bits per heavy atom. The van der Waals surface area contributed by atoms with Crippen molar-refractivity contribution in [3.05, 3.63) is 23.4 Å². The quantitative estimate of drug-likeness (QED) is 0.719. The first-order valence-electron chi connectivity index (χ1n) is 7.96. The Kier molecular flexibility index (Phi) is 6.64. The number of hydrogen-bond acceptors (Lipinski definition) is 2. The van der Waals surface area contributed by atoms with Crippen LogP contribution in [-0.2, 0) is 0 Å². The van der Waals surface area contributed by atoms with Crippen LogP contribution in [0.5, 0.6) is 0 Å². The van der Waals surface area contributed by atoms with Gasteiger partial charge in [-0.05, 0) is 51.0 Å². The molecular formula is C17H32N2. The highest BCUT2D eigenvalue weighted by Crippen LogP contribution is 2.30. The second-order valence-electron chi connectivity index (χ2n) is 6.06. The number of allylic oxidation sites excluding steroid dienone is 3. The van der Waals surface area contributed by atoms with Crippen molar-refractivity contribution >= 4 is 0 Å². The van der Waals surface area contributed by atoms with E-state index in [1.54, 1.807) is 0 Å². The summed E-state index contributed by atoms with van der Waals surface area (Å²) in [4.78, 5) is 2.42. The van der Waals surface area contributed by atoms with Crippen molar-refractivity contribution in [1.82, 2.24) is 4.90 Å². The monoisotopic (exact) mass is 264 g/mol. The van der Waals surface area contributed by atoms with Crippen molar-refractivity contribution in [1.29, 1.82) is 0 Å². The van der Waals surface area contributed by atoms with Crippen LogP contribution < -0.4 is 5.73 Å². The van der Waals surface area contributed by atoms with Crippen LogP contribution in [0.2, 0.25) is 0 Å². The Labute approximate surface area is 119 Å². The van der Waals surface area contributed by atoms with Crippen LogP contribution in [0.4, 0.5) is 0 Å². The fraction of sp³-hybridized carbons (Fsp3) is 0.765. The summed E-state index contributed by atoms with van der Waals surface area (Å²) in [5, 5.41) is 0. The fourth-order valence-electron chi connectivity index (χ4n) is 2.87. The molecule has 0 fully saturated rings. The summed E-state index contributed by atoms with van der Waals surface area (Å²) in [6, 6.07) is 0.451. The Balaban J connectivity index is 3.12. The second kappa shape index (κ2) is 7.74. The van der Waals surface area contributed by atoms with E-state index in [-0.39, 0.29) is 6.17 Å². The molecular weight excluding hydrogens is 232 g/mol. The molecule has 0 aromatic heterocycles. The molecule has 0 radical (unpaired) electrons. The molecule has 2 atom stereocenters. The normalized spacial score (nSPS) is 21.7. The van der Waals surface area contributed by atoms with Gasteiger partial charge < -0.3 is 10.6 Å². The molecule has 0 saturated carbocycles. The van der Waals surface area contributed by atoms with Gasteiger partial charge in [0.15, 0.2) is 0 Å². The lowest BCUT2D eigenvalue weighted by molar-refractivity contribution is 0.205. The Bertz CT molecular complexity index is 328. The van der Waals surface area contributed by atoms with Gasteiger partial charge in [0, 0.05) is 11.7 Å². The van der Waals surface area contributed by atoms with E-state index in [9.17, 15) is 0 Å². The van der Waals surface area contributed by atoms with Crippen LogP contribution in [0, 0.1) is 5.92 Å². The summed E-state index contributed by atoms with van der Waals surface area (Å²) in [5.41, 5.74) is 9.27. The van der Waals surface area contributed by atoms with E-state index in [2.05, 4.69) is 51.7 Å². The predicted molar refractivity (Wildman–Crippen MR) is 84.7 cm³/mol. The maximum atomic E-state index is 6.36. The highest BCUT2D eigenvalue weighted by atomic mass is 15.2. The smallest absolute Gasteiger partial charge is 0.0771 e. The molecule has 19 heavy (non-hydrogen) atoms. The Hall–Kier alpha value is -0.760. The fourth-order valence-corrected chi connectivity index (χ4v) is 2.87. The molecule has 0 spiro atoms. The van der Waals surface area contributed by atoms with Crippen molar-refractivity contribution in [2.75, 3.05) is 0 Å². The number of hydrogen-bond donors (Lipinski definition) is 1. The van der Waals surface area contributed by atoms with Gasteiger partial charge in [-0.25, -0.2) is 0 Å². The molecule has 1 rings (SSSR count). The molecule has 2 nitrogen and oxygen atoms in total. The molecule has 0 heterocycles. The van der Waals surface area contributed by atoms with Crippen molar-refractivity contribution in [2.24, 2.45) is 11.7 Å². The van der Waals surface area contributed by atoms with Gasteiger partial charge >= 0.3 is 0 Å². The van der Waals surface area contributed by atoms with E-state index in [0.29, 0.717) is 12.0 Å². The summed E-state index contributed by atoms with van der Waals surface area (Å²) in [6.07, 6.45) is 10.8. The van der Waals surface area contributed by atoms with Crippen LogP contribution >= 0.6 is 0 Å². The van der Waals surface area contributed by atoms with Crippen molar-refractivity contribution in [3.8, 4) is 0 Å². The van der Waals surface area contributed by atoms with Crippen LogP contribution in [-0.4, -0.2) is 17.1 Å². The molecule has 0 bridgehead atoms. The van der Waals surface area contributed by atoms with Gasteiger partial charge in [-0.2, -0.15) is 0 Å². The molecule has 0 saturated heterocycles. The maximum absolute atomic E-state index is 6.36. The third kappa shape index (κ3) is 4.38. The minimum atomic E-state index is 0.122. The number of rotatable bonds is 6. The highest BCUT2D eigenvalue weighted by molar-refractivity contribution is 5.32. The molecule has 0 amide bonds. The Morgan fingerprint density at radius 2 is 2.05 bits per heavy atom. The molecule has 0 aromatic rings. The SMILES string of the molecule is CCCC1=CCCC(C)C=C1N(C(C)C)C(N)CC. The number of nitrogens with zero attached hydrogens (tertiary/aromatic N) is 1. The summed E-state index contributed by atoms with van der Waals surface area (Å²) >= 11 is 0. The molecule has 2 unspecified atom stereocenters. The van der Waals surface area contributed by atoms with Gasteiger partial charge in [-0.15, -0.1) is 0 Å². The zero-order valence-electron chi connectivity index (χ0n) is 13.4. The molecule has 2 heteroatoms. The lowest BCUT2D eigenvalue weighted by Gasteiger charge is -2.37. The lowest BCUT2D eigenvalue weighted by atomic mass is 10.0. The van der Waals surface area contributed by atoms with Crippen LogP contribution in [0.25, 0.3) is 0 Å². The van der Waals surface area contributed by atoms with Gasteiger partial charge in [0.2, 0.25) is 0 Å². The second-order valence-corrected chi connectivity index (χ2v) is 6.06. The van der Waals surface area contributed by atoms with Crippen LogP contribution in [0.3, 0.4) is 0 Å². The molecule has 2 N–H and O–H groups in total. The summed E-state index contributed by atoms with van der Waals surface area (Å²) < 4.78 is 0. The first-order valence-corrected chi connectivity index (χ1v) is 7.96. The van der Waals surface area contributed by atoms with Gasteiger partial charge in [-0.1, -0.05) is 39.3 Å². The van der Waals surface area contributed by atoms with Crippen LogP contribution in [0.1, 0.15) is 66.7 Å². The average molecular weight is 264 g/mol. The summed E-state index contributed by atoms with van der Waals surface area (Å²) in [5.74, 6) is 0.644. The number of nitrogens with two attached hydrogens (primary N) is 1. The van der Waals surface area contributed by atoms with E-state index in [4.69, 9.17) is 5.73 Å². The van der Waals surface area contributed by atoms with Crippen LogP contribution in [0.15, 0.2) is 23.4 Å². The van der Waals surface area contributed by atoms with E-state index in [1.165, 1.54) is 30.5 Å². The first-order chi connectivity index (χ1) is 9.01. The van der Waals surface area contributed by atoms with E-state index < -0.39 is 0 Å². The third-order valence-electron chi connectivity index (χ3n) is 3.91. The Morgan fingerprint density at radius 1 is 1.37 bits per heavy atom. The van der Waals surface area contributed by atoms with Gasteiger partial charge in [-0.3, -0.25) is 0 Å². The third-order valence-corrected chi connectivity index (χ3v) is 3.91. The van der Waals surface area contributed by atoms with Gasteiger partial charge in [0.25, 0.3) is 0 Å². The minimum Gasteiger partial charge on any atom is -0.354 e. The standard InChI is InChI=1S/C17H32N2/c1-6-9-15-11-8-10-14(5)12-16(15)19(13(3)4)17(18)7-2/h11-14,17H,6-10,18H2,1-5H3. The molecule has 1 aliphatic rings. The van der Waals surface area contributed by atoms with Gasteiger partial charge in [0.1, 0.15) is 0 Å².